The first-order valence-corrected chi connectivity index (χ1v) is 4.24. The van der Waals surface area contributed by atoms with Gasteiger partial charge in [-0.15, -0.1) is 0 Å². The van der Waals surface area contributed by atoms with Gasteiger partial charge >= 0.3 is 6.03 Å². The molecule has 0 aliphatic carbocycles. The zero-order chi connectivity index (χ0) is 10.9. The van der Waals surface area contributed by atoms with Crippen LogP contribution in [-0.2, 0) is 9.59 Å². The Bertz CT molecular complexity index is 282. The van der Waals surface area contributed by atoms with E-state index in [1.807, 2.05) is 0 Å². The van der Waals surface area contributed by atoms with Gasteiger partial charge in [0.25, 0.3) is 5.91 Å². The lowest BCUT2D eigenvalue weighted by Gasteiger charge is -2.31. The van der Waals surface area contributed by atoms with E-state index in [4.69, 9.17) is 5.73 Å². The van der Waals surface area contributed by atoms with Gasteiger partial charge in [0.05, 0.1) is 12.1 Å². The number of nitrogens with zero attached hydrogens (tertiary/aromatic N) is 1. The average Bonchev–Trinajstić information content (AvgIpc) is 2.27. The van der Waals surface area contributed by atoms with E-state index in [9.17, 15) is 14.4 Å². The van der Waals surface area contributed by atoms with Crippen molar-refractivity contribution in [3.8, 4) is 0 Å². The summed E-state index contributed by atoms with van der Waals surface area (Å²) in [6, 6.07) is -0.471. The summed E-state index contributed by atoms with van der Waals surface area (Å²) in [5.74, 6) is -0.872. The molecule has 0 aromatic carbocycles. The molecule has 1 heterocycles. The number of imide groups is 1. The van der Waals surface area contributed by atoms with Gasteiger partial charge in [0.1, 0.15) is 0 Å². The fourth-order valence-electron chi connectivity index (χ4n) is 1.54. The van der Waals surface area contributed by atoms with Crippen molar-refractivity contribution in [3.63, 3.8) is 0 Å². The van der Waals surface area contributed by atoms with Gasteiger partial charge in [0.2, 0.25) is 5.91 Å². The molecule has 1 saturated heterocycles. The Morgan fingerprint density at radius 1 is 1.57 bits per heavy atom. The normalized spacial score (nSPS) is 17.1. The van der Waals surface area contributed by atoms with Crippen molar-refractivity contribution < 1.29 is 14.4 Å². The minimum absolute atomic E-state index is 0.0129. The first-order chi connectivity index (χ1) is 6.34. The number of hydrogen-bond acceptors (Lipinski definition) is 3. The monoisotopic (exact) mass is 199 g/mol. The van der Waals surface area contributed by atoms with Crippen LogP contribution >= 0.6 is 0 Å². The molecule has 1 fully saturated rings. The summed E-state index contributed by atoms with van der Waals surface area (Å²) < 4.78 is 0. The topological polar surface area (TPSA) is 92.5 Å². The van der Waals surface area contributed by atoms with Gasteiger partial charge in [-0.2, -0.15) is 0 Å². The van der Waals surface area contributed by atoms with Crippen molar-refractivity contribution in [2.75, 3.05) is 6.54 Å². The van der Waals surface area contributed by atoms with Crippen LogP contribution in [0.15, 0.2) is 0 Å². The third kappa shape index (κ3) is 1.84. The quantitative estimate of drug-likeness (QED) is 0.582. The second-order valence-corrected chi connectivity index (χ2v) is 3.84. The van der Waals surface area contributed by atoms with Crippen molar-refractivity contribution in [1.29, 1.82) is 0 Å². The number of nitrogens with two attached hydrogens (primary N) is 1. The summed E-state index contributed by atoms with van der Waals surface area (Å²) in [5, 5.41) is 2.38. The number of rotatable bonds is 3. The van der Waals surface area contributed by atoms with E-state index in [1.54, 1.807) is 13.8 Å². The third-order valence-corrected chi connectivity index (χ3v) is 2.06. The SMILES string of the molecule is CC(C)(CC(N)=O)N1C(=O)CNC1=O. The fraction of sp³-hybridized carbons (Fsp3) is 0.625. The van der Waals surface area contributed by atoms with Crippen LogP contribution in [0.2, 0.25) is 0 Å². The van der Waals surface area contributed by atoms with Crippen LogP contribution in [0, 0.1) is 0 Å². The Morgan fingerprint density at radius 2 is 2.14 bits per heavy atom. The third-order valence-electron chi connectivity index (χ3n) is 2.06. The summed E-state index contributed by atoms with van der Waals surface area (Å²) in [4.78, 5) is 34.3. The Kier molecular flexibility index (Phi) is 2.46. The summed E-state index contributed by atoms with van der Waals surface area (Å²) >= 11 is 0. The minimum Gasteiger partial charge on any atom is -0.370 e. The molecule has 0 atom stereocenters. The van der Waals surface area contributed by atoms with Crippen LogP contribution in [0.4, 0.5) is 4.79 Å². The van der Waals surface area contributed by atoms with Crippen molar-refractivity contribution in [1.82, 2.24) is 10.2 Å². The van der Waals surface area contributed by atoms with Gasteiger partial charge in [-0.3, -0.25) is 14.5 Å². The first kappa shape index (κ1) is 10.5. The molecule has 78 valence electrons. The molecule has 6 heteroatoms. The Balaban J connectivity index is 2.85. The van der Waals surface area contributed by atoms with Crippen molar-refractivity contribution >= 4 is 17.8 Å². The maximum atomic E-state index is 11.3. The van der Waals surface area contributed by atoms with E-state index in [0.717, 1.165) is 4.90 Å². The maximum absolute atomic E-state index is 11.3. The predicted molar refractivity (Wildman–Crippen MR) is 48.1 cm³/mol. The lowest BCUT2D eigenvalue weighted by Crippen LogP contribution is -2.50. The smallest absolute Gasteiger partial charge is 0.325 e. The minimum atomic E-state index is -0.858. The molecule has 3 N–H and O–H groups in total. The van der Waals surface area contributed by atoms with Crippen LogP contribution in [0.3, 0.4) is 0 Å². The van der Waals surface area contributed by atoms with Gasteiger partial charge in [0, 0.05) is 6.42 Å². The molecule has 0 saturated carbocycles. The second kappa shape index (κ2) is 3.28. The largest absolute Gasteiger partial charge is 0.370 e. The van der Waals surface area contributed by atoms with Gasteiger partial charge < -0.3 is 11.1 Å². The number of urea groups is 1. The molecular formula is C8H13N3O3. The van der Waals surface area contributed by atoms with Crippen LogP contribution in [-0.4, -0.2) is 34.8 Å². The summed E-state index contributed by atoms with van der Waals surface area (Å²) in [6.45, 7) is 3.24. The zero-order valence-electron chi connectivity index (χ0n) is 8.16. The highest BCUT2D eigenvalue weighted by molar-refractivity contribution is 6.03. The number of nitrogens with one attached hydrogen (secondary N) is 1. The van der Waals surface area contributed by atoms with Gasteiger partial charge in [0.15, 0.2) is 0 Å². The van der Waals surface area contributed by atoms with Crippen molar-refractivity contribution in [2.45, 2.75) is 25.8 Å². The Morgan fingerprint density at radius 3 is 2.50 bits per heavy atom. The Labute approximate surface area is 81.4 Å². The van der Waals surface area contributed by atoms with E-state index in [0.29, 0.717) is 0 Å². The van der Waals surface area contributed by atoms with E-state index in [2.05, 4.69) is 5.32 Å². The fourth-order valence-corrected chi connectivity index (χ4v) is 1.54. The lowest BCUT2D eigenvalue weighted by atomic mass is 9.98. The predicted octanol–water partition coefficient (Wildman–Crippen LogP) is -0.808. The molecule has 0 bridgehead atoms. The summed E-state index contributed by atoms with van der Waals surface area (Å²) in [6.07, 6.45) is -0.0356. The molecule has 0 aromatic heterocycles. The van der Waals surface area contributed by atoms with Crippen molar-refractivity contribution in [3.05, 3.63) is 0 Å². The standard InChI is InChI=1S/C8H13N3O3/c1-8(2,3-5(9)12)11-6(13)4-10-7(11)14/h3-4H2,1-2H3,(H2,9,12)(H,10,14). The average molecular weight is 199 g/mol. The summed E-state index contributed by atoms with van der Waals surface area (Å²) in [7, 11) is 0. The maximum Gasteiger partial charge on any atom is 0.325 e. The molecule has 1 rings (SSSR count). The molecule has 0 unspecified atom stereocenters. The number of carbonyl (C=O) groups is 3. The van der Waals surface area contributed by atoms with E-state index in [1.165, 1.54) is 0 Å². The molecule has 0 radical (unpaired) electrons. The highest BCUT2D eigenvalue weighted by atomic mass is 16.2. The molecule has 14 heavy (non-hydrogen) atoms. The highest BCUT2D eigenvalue weighted by Crippen LogP contribution is 2.21. The zero-order valence-corrected chi connectivity index (χ0v) is 8.16. The van der Waals surface area contributed by atoms with E-state index >= 15 is 0 Å². The molecule has 0 aromatic rings. The molecule has 6 nitrogen and oxygen atoms in total. The van der Waals surface area contributed by atoms with Gasteiger partial charge in [-0.05, 0) is 13.8 Å². The van der Waals surface area contributed by atoms with E-state index in [-0.39, 0.29) is 18.9 Å². The van der Waals surface area contributed by atoms with Gasteiger partial charge in [-0.1, -0.05) is 0 Å². The van der Waals surface area contributed by atoms with Crippen LogP contribution in [0.5, 0.6) is 0 Å². The first-order valence-electron chi connectivity index (χ1n) is 4.24. The van der Waals surface area contributed by atoms with Gasteiger partial charge in [-0.25, -0.2) is 4.79 Å². The molecule has 1 aliphatic heterocycles. The molecule has 1 aliphatic rings. The number of primary amides is 1. The number of hydrogen-bond donors (Lipinski definition) is 2. The number of carbonyl (C=O) groups excluding carboxylic acids is 3. The second-order valence-electron chi connectivity index (χ2n) is 3.84. The summed E-state index contributed by atoms with van der Waals surface area (Å²) in [5.41, 5.74) is 4.17. The van der Waals surface area contributed by atoms with Crippen LogP contribution in [0.1, 0.15) is 20.3 Å². The molecule has 4 amide bonds. The number of amides is 4. The lowest BCUT2D eigenvalue weighted by molar-refractivity contribution is -0.130. The van der Waals surface area contributed by atoms with Crippen molar-refractivity contribution in [2.24, 2.45) is 5.73 Å². The Hall–Kier alpha value is -1.59. The molecular weight excluding hydrogens is 186 g/mol. The van der Waals surface area contributed by atoms with E-state index < -0.39 is 17.5 Å². The van der Waals surface area contributed by atoms with Crippen LogP contribution < -0.4 is 11.1 Å². The van der Waals surface area contributed by atoms with Crippen LogP contribution in [0.25, 0.3) is 0 Å². The molecule has 0 spiro atoms. The highest BCUT2D eigenvalue weighted by Gasteiger charge is 2.40.